The van der Waals surface area contributed by atoms with Crippen LogP contribution in [-0.2, 0) is 0 Å². The van der Waals surface area contributed by atoms with Crippen LogP contribution in [0, 0.1) is 0 Å². The van der Waals surface area contributed by atoms with Crippen molar-refractivity contribution in [1.82, 2.24) is 14.8 Å². The maximum Gasteiger partial charge on any atom is 0.271 e. The lowest BCUT2D eigenvalue weighted by Crippen LogP contribution is -2.21. The third kappa shape index (κ3) is 2.70. The summed E-state index contributed by atoms with van der Waals surface area (Å²) < 4.78 is 1.32. The van der Waals surface area contributed by atoms with Crippen LogP contribution < -0.4 is 16.6 Å². The summed E-state index contributed by atoms with van der Waals surface area (Å²) in [5.41, 5.74) is 6.38. The summed E-state index contributed by atoms with van der Waals surface area (Å²) in [6, 6.07) is 7.46. The lowest BCUT2D eigenvalue weighted by molar-refractivity contribution is 0.686. The van der Waals surface area contributed by atoms with Crippen LogP contribution in [0.5, 0.6) is 0 Å². The molecule has 1 saturated carbocycles. The van der Waals surface area contributed by atoms with E-state index in [-0.39, 0.29) is 5.56 Å². The highest BCUT2D eigenvalue weighted by Gasteiger charge is 2.21. The van der Waals surface area contributed by atoms with Crippen molar-refractivity contribution in [2.75, 3.05) is 5.32 Å². The molecule has 0 spiro atoms. The first-order chi connectivity index (χ1) is 9.72. The highest BCUT2D eigenvalue weighted by atomic mass is 16.1. The Labute approximate surface area is 116 Å². The van der Waals surface area contributed by atoms with Gasteiger partial charge in [-0.15, -0.1) is 0 Å². The minimum Gasteiger partial charge on any atom is -0.367 e. The number of hydrogen-bond donors (Lipinski definition) is 2. The number of nitrogens with one attached hydrogen (secondary N) is 1. The van der Waals surface area contributed by atoms with Gasteiger partial charge in [0.2, 0.25) is 0 Å². The van der Waals surface area contributed by atoms with Crippen molar-refractivity contribution in [2.24, 2.45) is 5.73 Å². The molecular weight excluding hydrogens is 254 g/mol. The van der Waals surface area contributed by atoms with E-state index in [1.165, 1.54) is 10.7 Å². The maximum atomic E-state index is 11.7. The predicted molar refractivity (Wildman–Crippen MR) is 76.9 cm³/mol. The minimum atomic E-state index is -0.170. The molecule has 0 aromatic carbocycles. The van der Waals surface area contributed by atoms with Gasteiger partial charge in [0.05, 0.1) is 11.9 Å². The Kier molecular flexibility index (Phi) is 3.47. The van der Waals surface area contributed by atoms with Crippen molar-refractivity contribution in [3.05, 3.63) is 47.0 Å². The Balaban J connectivity index is 1.75. The highest BCUT2D eigenvalue weighted by molar-refractivity contribution is 5.41. The SMILES string of the molecule is N[C@H]1CC[C@H](Nc2ccc(-n3ncccc3=O)cn2)C1. The molecule has 3 N–H and O–H groups in total. The summed E-state index contributed by atoms with van der Waals surface area (Å²) in [5.74, 6) is 0.803. The van der Waals surface area contributed by atoms with Gasteiger partial charge >= 0.3 is 0 Å². The Hall–Kier alpha value is -2.21. The van der Waals surface area contributed by atoms with Crippen LogP contribution in [0.3, 0.4) is 0 Å². The molecule has 0 radical (unpaired) electrons. The molecule has 2 heterocycles. The Morgan fingerprint density at radius 3 is 2.85 bits per heavy atom. The van der Waals surface area contributed by atoms with Crippen molar-refractivity contribution < 1.29 is 0 Å². The number of hydrogen-bond acceptors (Lipinski definition) is 5. The van der Waals surface area contributed by atoms with E-state index in [9.17, 15) is 4.79 Å². The fraction of sp³-hybridized carbons (Fsp3) is 0.357. The largest absolute Gasteiger partial charge is 0.367 e. The second kappa shape index (κ2) is 5.42. The molecule has 0 aliphatic heterocycles. The van der Waals surface area contributed by atoms with Crippen LogP contribution >= 0.6 is 0 Å². The molecule has 1 fully saturated rings. The lowest BCUT2D eigenvalue weighted by Gasteiger charge is -2.13. The van der Waals surface area contributed by atoms with Gasteiger partial charge in [-0.2, -0.15) is 9.78 Å². The Morgan fingerprint density at radius 1 is 1.30 bits per heavy atom. The molecule has 1 aliphatic rings. The molecule has 1 aliphatic carbocycles. The van der Waals surface area contributed by atoms with Crippen LogP contribution in [0.1, 0.15) is 19.3 Å². The number of pyridine rings is 1. The Bertz CT molecular complexity index is 637. The van der Waals surface area contributed by atoms with Crippen LogP contribution in [0.4, 0.5) is 5.82 Å². The predicted octanol–water partition coefficient (Wildman–Crippen LogP) is 0.919. The topological polar surface area (TPSA) is 85.8 Å². The van der Waals surface area contributed by atoms with E-state index in [1.807, 2.05) is 12.1 Å². The molecule has 0 saturated heterocycles. The van der Waals surface area contributed by atoms with E-state index >= 15 is 0 Å². The van der Waals surface area contributed by atoms with Gasteiger partial charge in [0.1, 0.15) is 5.82 Å². The van der Waals surface area contributed by atoms with Crippen molar-refractivity contribution in [1.29, 1.82) is 0 Å². The van der Waals surface area contributed by atoms with Crippen LogP contribution in [0.25, 0.3) is 5.69 Å². The molecule has 0 unspecified atom stereocenters. The van der Waals surface area contributed by atoms with Crippen molar-refractivity contribution in [3.63, 3.8) is 0 Å². The summed E-state index contributed by atoms with van der Waals surface area (Å²) in [6.45, 7) is 0. The molecule has 0 bridgehead atoms. The van der Waals surface area contributed by atoms with Gasteiger partial charge in [0.25, 0.3) is 5.56 Å². The molecule has 104 valence electrons. The monoisotopic (exact) mass is 271 g/mol. The zero-order valence-corrected chi connectivity index (χ0v) is 11.1. The van der Waals surface area contributed by atoms with Gasteiger partial charge in [-0.3, -0.25) is 4.79 Å². The molecule has 6 nitrogen and oxygen atoms in total. The molecule has 2 aromatic heterocycles. The molecule has 3 rings (SSSR count). The van der Waals surface area contributed by atoms with Gasteiger partial charge in [0.15, 0.2) is 0 Å². The van der Waals surface area contributed by atoms with E-state index in [2.05, 4.69) is 15.4 Å². The molecule has 20 heavy (non-hydrogen) atoms. The zero-order chi connectivity index (χ0) is 13.9. The maximum absolute atomic E-state index is 11.7. The van der Waals surface area contributed by atoms with E-state index in [0.29, 0.717) is 17.8 Å². The first-order valence-electron chi connectivity index (χ1n) is 6.75. The third-order valence-corrected chi connectivity index (χ3v) is 3.53. The van der Waals surface area contributed by atoms with Gasteiger partial charge in [-0.1, -0.05) is 0 Å². The van der Waals surface area contributed by atoms with Crippen LogP contribution in [0.15, 0.2) is 41.5 Å². The Morgan fingerprint density at radius 2 is 2.20 bits per heavy atom. The van der Waals surface area contributed by atoms with Crippen molar-refractivity contribution >= 4 is 5.82 Å². The van der Waals surface area contributed by atoms with Gasteiger partial charge in [-0.25, -0.2) is 4.98 Å². The van der Waals surface area contributed by atoms with Crippen LogP contribution in [0.2, 0.25) is 0 Å². The van der Waals surface area contributed by atoms with Crippen molar-refractivity contribution in [3.8, 4) is 5.69 Å². The molecule has 6 heteroatoms. The highest BCUT2D eigenvalue weighted by Crippen LogP contribution is 2.21. The average molecular weight is 271 g/mol. The molecule has 0 amide bonds. The first-order valence-corrected chi connectivity index (χ1v) is 6.75. The second-order valence-electron chi connectivity index (χ2n) is 5.09. The summed E-state index contributed by atoms with van der Waals surface area (Å²) in [5, 5.41) is 7.38. The van der Waals surface area contributed by atoms with E-state index in [1.54, 1.807) is 18.5 Å². The number of rotatable bonds is 3. The van der Waals surface area contributed by atoms with E-state index in [4.69, 9.17) is 5.73 Å². The summed E-state index contributed by atoms with van der Waals surface area (Å²) in [4.78, 5) is 16.0. The van der Waals surface area contributed by atoms with Crippen LogP contribution in [-0.4, -0.2) is 26.8 Å². The number of anilines is 1. The molecular formula is C14H17N5O. The molecule has 2 aromatic rings. The van der Waals surface area contributed by atoms with Gasteiger partial charge < -0.3 is 11.1 Å². The second-order valence-corrected chi connectivity index (χ2v) is 5.09. The minimum absolute atomic E-state index is 0.170. The standard InChI is InChI=1S/C14H17N5O/c15-10-3-4-11(8-10)18-13-6-5-12(9-16-13)19-14(20)2-1-7-17-19/h1-2,5-7,9-11H,3-4,8,15H2,(H,16,18)/t10-,11-/m0/s1. The summed E-state index contributed by atoms with van der Waals surface area (Å²) in [6.07, 6.45) is 6.32. The number of nitrogens with two attached hydrogens (primary N) is 1. The molecule has 2 atom stereocenters. The van der Waals surface area contributed by atoms with E-state index < -0.39 is 0 Å². The fourth-order valence-corrected chi connectivity index (χ4v) is 2.51. The normalized spacial score (nSPS) is 21.9. The quantitative estimate of drug-likeness (QED) is 0.867. The van der Waals surface area contributed by atoms with E-state index in [0.717, 1.165) is 25.1 Å². The van der Waals surface area contributed by atoms with Gasteiger partial charge in [-0.05, 0) is 37.5 Å². The van der Waals surface area contributed by atoms with Gasteiger partial charge in [0, 0.05) is 24.3 Å². The lowest BCUT2D eigenvalue weighted by atomic mass is 10.2. The fourth-order valence-electron chi connectivity index (χ4n) is 2.51. The average Bonchev–Trinajstić information content (AvgIpc) is 2.86. The number of nitrogens with zero attached hydrogens (tertiary/aromatic N) is 3. The first kappa shape index (κ1) is 12.8. The number of aromatic nitrogens is 3. The van der Waals surface area contributed by atoms with Crippen molar-refractivity contribution in [2.45, 2.75) is 31.3 Å². The zero-order valence-electron chi connectivity index (χ0n) is 11.1. The smallest absolute Gasteiger partial charge is 0.271 e. The summed E-state index contributed by atoms with van der Waals surface area (Å²) >= 11 is 0. The summed E-state index contributed by atoms with van der Waals surface area (Å²) in [7, 11) is 0. The third-order valence-electron chi connectivity index (χ3n) is 3.53.